The molecule has 6 N–H and O–H groups in total. The van der Waals surface area contributed by atoms with Gasteiger partial charge in [-0.2, -0.15) is 0 Å². The van der Waals surface area contributed by atoms with E-state index in [0.717, 1.165) is 5.56 Å². The van der Waals surface area contributed by atoms with Crippen molar-refractivity contribution in [2.75, 3.05) is 5.75 Å². The molecule has 2 atom stereocenters. The molecule has 126 valence electrons. The van der Waals surface area contributed by atoms with Crippen LogP contribution < -0.4 is 17.2 Å². The van der Waals surface area contributed by atoms with Crippen LogP contribution in [-0.2, 0) is 15.0 Å². The Balaban J connectivity index is 2.68. The van der Waals surface area contributed by atoms with Crippen molar-refractivity contribution in [3.8, 4) is 0 Å². The largest absolute Gasteiger partial charge is 0.369 e. The Kier molecular flexibility index (Phi) is 5.26. The lowest BCUT2D eigenvalue weighted by molar-refractivity contribution is -0.122. The molecule has 0 saturated heterocycles. The average Bonchev–Trinajstić information content (AvgIpc) is 2.53. The number of hydrogen-bond donors (Lipinski definition) is 3. The van der Waals surface area contributed by atoms with Gasteiger partial charge in [0.25, 0.3) is 5.91 Å². The highest BCUT2D eigenvalue weighted by Crippen LogP contribution is 2.37. The number of amides is 2. The van der Waals surface area contributed by atoms with Gasteiger partial charge in [0.05, 0.1) is 5.57 Å². The zero-order valence-electron chi connectivity index (χ0n) is 13.4. The Morgan fingerprint density at radius 3 is 2.58 bits per heavy atom. The zero-order chi connectivity index (χ0) is 17.9. The predicted octanol–water partition coefficient (Wildman–Crippen LogP) is 0.746. The van der Waals surface area contributed by atoms with Gasteiger partial charge in [-0.3, -0.25) is 14.6 Å². The lowest BCUT2D eigenvalue weighted by Crippen LogP contribution is -2.55. The molecule has 0 aromatic heterocycles. The first-order chi connectivity index (χ1) is 11.3. The number of nitrogens with zero attached hydrogens (tertiary/aromatic N) is 1. The highest BCUT2D eigenvalue weighted by atomic mass is 32.2. The summed E-state index contributed by atoms with van der Waals surface area (Å²) >= 11 is 1.28. The van der Waals surface area contributed by atoms with Crippen LogP contribution in [-0.4, -0.2) is 28.8 Å². The van der Waals surface area contributed by atoms with Gasteiger partial charge in [-0.05, 0) is 24.1 Å². The first-order valence-corrected chi connectivity index (χ1v) is 8.29. The van der Waals surface area contributed by atoms with Gasteiger partial charge in [-0.15, -0.1) is 18.3 Å². The van der Waals surface area contributed by atoms with Crippen LogP contribution in [0.3, 0.4) is 0 Å². The number of nitrogens with two attached hydrogens (primary N) is 3. The number of rotatable bonds is 5. The van der Waals surface area contributed by atoms with Crippen molar-refractivity contribution >= 4 is 28.6 Å². The molecule has 1 aromatic carbocycles. The molecule has 1 aliphatic heterocycles. The Morgan fingerprint density at radius 1 is 1.38 bits per heavy atom. The summed E-state index contributed by atoms with van der Waals surface area (Å²) < 4.78 is 0. The van der Waals surface area contributed by atoms with Crippen molar-refractivity contribution < 1.29 is 9.59 Å². The number of carbonyl (C=O) groups excluding carboxylic acids is 2. The third-order valence-electron chi connectivity index (χ3n) is 3.93. The van der Waals surface area contributed by atoms with E-state index in [2.05, 4.69) is 11.6 Å². The molecule has 2 rings (SSSR count). The van der Waals surface area contributed by atoms with Gasteiger partial charge < -0.3 is 17.2 Å². The van der Waals surface area contributed by atoms with Gasteiger partial charge in [-0.25, -0.2) is 0 Å². The molecule has 24 heavy (non-hydrogen) atoms. The van der Waals surface area contributed by atoms with Gasteiger partial charge in [0, 0.05) is 5.75 Å². The van der Waals surface area contributed by atoms with E-state index in [0.29, 0.717) is 16.4 Å². The molecule has 0 aliphatic carbocycles. The number of dihydropyridines is 1. The van der Waals surface area contributed by atoms with Gasteiger partial charge >= 0.3 is 0 Å². The van der Waals surface area contributed by atoms with E-state index in [4.69, 9.17) is 17.2 Å². The third kappa shape index (κ3) is 3.00. The Labute approximate surface area is 144 Å². The molecular formula is C17H20N4O2S. The molecule has 2 unspecified atom stereocenters. The molecular weight excluding hydrogens is 324 g/mol. The van der Waals surface area contributed by atoms with Crippen LogP contribution in [0.5, 0.6) is 0 Å². The molecule has 7 heteroatoms. The van der Waals surface area contributed by atoms with Crippen LogP contribution in [0.15, 0.2) is 53.6 Å². The minimum absolute atomic E-state index is 0.144. The fourth-order valence-electron chi connectivity index (χ4n) is 2.73. The summed E-state index contributed by atoms with van der Waals surface area (Å²) in [6.45, 7) is 5.48. The van der Waals surface area contributed by atoms with Gasteiger partial charge in [-0.1, -0.05) is 30.3 Å². The maximum atomic E-state index is 12.4. The Hall–Kier alpha value is -2.38. The number of benzene rings is 1. The van der Waals surface area contributed by atoms with Crippen LogP contribution in [0.1, 0.15) is 11.1 Å². The van der Waals surface area contributed by atoms with E-state index in [1.807, 2.05) is 19.1 Å². The van der Waals surface area contributed by atoms with Crippen molar-refractivity contribution in [1.82, 2.24) is 0 Å². The van der Waals surface area contributed by atoms with E-state index < -0.39 is 23.4 Å². The van der Waals surface area contributed by atoms with Crippen LogP contribution in [0.2, 0.25) is 0 Å². The summed E-state index contributed by atoms with van der Waals surface area (Å²) in [6.07, 6.45) is 2.18. The second-order valence-corrected chi connectivity index (χ2v) is 6.46. The Bertz CT molecular complexity index is 757. The fraction of sp³-hybridized carbons (Fsp3) is 0.235. The highest BCUT2D eigenvalue weighted by molar-refractivity contribution is 8.14. The van der Waals surface area contributed by atoms with E-state index >= 15 is 0 Å². The predicted molar refractivity (Wildman–Crippen MR) is 97.4 cm³/mol. The SMILES string of the molecule is C=CCSC1=NC(N)C(C(N)=O)(c2ccccc2C)C=C1C(N)=O. The second-order valence-electron chi connectivity index (χ2n) is 5.45. The van der Waals surface area contributed by atoms with E-state index in [1.165, 1.54) is 17.8 Å². The molecule has 0 saturated carbocycles. The molecule has 1 aromatic rings. The van der Waals surface area contributed by atoms with Gasteiger partial charge in [0.15, 0.2) is 0 Å². The van der Waals surface area contributed by atoms with Crippen LogP contribution >= 0.6 is 11.8 Å². The first-order valence-electron chi connectivity index (χ1n) is 7.30. The average molecular weight is 344 g/mol. The van der Waals surface area contributed by atoms with E-state index in [9.17, 15) is 9.59 Å². The van der Waals surface area contributed by atoms with Crippen molar-refractivity contribution in [3.63, 3.8) is 0 Å². The molecule has 6 nitrogen and oxygen atoms in total. The lowest BCUT2D eigenvalue weighted by atomic mass is 9.73. The lowest BCUT2D eigenvalue weighted by Gasteiger charge is -2.36. The molecule has 1 heterocycles. The van der Waals surface area contributed by atoms with Crippen molar-refractivity contribution in [1.29, 1.82) is 0 Å². The van der Waals surface area contributed by atoms with Crippen LogP contribution in [0.25, 0.3) is 0 Å². The quantitative estimate of drug-likeness (QED) is 0.681. The van der Waals surface area contributed by atoms with E-state index in [1.54, 1.807) is 18.2 Å². The first kappa shape index (κ1) is 18.0. The molecule has 2 amide bonds. The number of hydrogen-bond acceptors (Lipinski definition) is 5. The topological polar surface area (TPSA) is 125 Å². The van der Waals surface area contributed by atoms with Crippen LogP contribution in [0, 0.1) is 6.92 Å². The molecule has 1 aliphatic rings. The summed E-state index contributed by atoms with van der Waals surface area (Å²) in [5.41, 5.74) is 17.6. The maximum absolute atomic E-state index is 12.4. The smallest absolute Gasteiger partial charge is 0.251 e. The number of carbonyl (C=O) groups is 2. The summed E-state index contributed by atoms with van der Waals surface area (Å²) in [4.78, 5) is 28.6. The normalized spacial score (nSPS) is 23.2. The summed E-state index contributed by atoms with van der Waals surface area (Å²) in [7, 11) is 0. The number of aryl methyl sites for hydroxylation is 1. The highest BCUT2D eigenvalue weighted by Gasteiger charge is 2.47. The summed E-state index contributed by atoms with van der Waals surface area (Å²) in [5, 5.41) is 0.389. The number of thioether (sulfide) groups is 1. The minimum atomic E-state index is -1.42. The van der Waals surface area contributed by atoms with Crippen molar-refractivity contribution in [2.24, 2.45) is 22.2 Å². The van der Waals surface area contributed by atoms with Gasteiger partial charge in [0.2, 0.25) is 5.91 Å². The van der Waals surface area contributed by atoms with Gasteiger partial charge in [0.1, 0.15) is 16.6 Å². The van der Waals surface area contributed by atoms with E-state index in [-0.39, 0.29) is 5.57 Å². The number of primary amides is 2. The zero-order valence-corrected chi connectivity index (χ0v) is 14.2. The third-order valence-corrected chi connectivity index (χ3v) is 4.93. The number of aliphatic imine (C=N–C) groups is 1. The molecule has 0 bridgehead atoms. The maximum Gasteiger partial charge on any atom is 0.251 e. The molecule has 0 radical (unpaired) electrons. The summed E-state index contributed by atoms with van der Waals surface area (Å²) in [6, 6.07) is 7.22. The standard InChI is InChI=1S/C17H20N4O2S/c1-3-8-24-14-11(13(18)22)9-17(16(20)23,15(19)21-14)12-7-5-4-6-10(12)2/h3-7,9,15H,1,8,19H2,2H3,(H2,18,22)(H2,20,23). The van der Waals surface area contributed by atoms with Crippen molar-refractivity contribution in [3.05, 3.63) is 59.7 Å². The minimum Gasteiger partial charge on any atom is -0.369 e. The Morgan fingerprint density at radius 2 is 2.04 bits per heavy atom. The second kappa shape index (κ2) is 7.02. The van der Waals surface area contributed by atoms with Crippen LogP contribution in [0.4, 0.5) is 0 Å². The monoisotopic (exact) mass is 344 g/mol. The molecule has 0 spiro atoms. The van der Waals surface area contributed by atoms with Crippen molar-refractivity contribution in [2.45, 2.75) is 18.5 Å². The summed E-state index contributed by atoms with van der Waals surface area (Å²) in [5.74, 6) is -0.833. The fourth-order valence-corrected chi connectivity index (χ4v) is 3.50. The molecule has 0 fully saturated rings.